The Labute approximate surface area is 219 Å². The largest absolute Gasteiger partial charge is 0.463 e. The third kappa shape index (κ3) is 3.71. The van der Waals surface area contributed by atoms with Crippen molar-refractivity contribution in [1.82, 2.24) is 0 Å². The zero-order valence-corrected chi connectivity index (χ0v) is 21.3. The number of furan rings is 3. The first-order valence-corrected chi connectivity index (χ1v) is 14.0. The molecule has 7 aromatic rings. The lowest BCUT2D eigenvalue weighted by molar-refractivity contribution is 0.583. The van der Waals surface area contributed by atoms with Gasteiger partial charge in [0.05, 0.1) is 33.4 Å². The van der Waals surface area contributed by atoms with Crippen LogP contribution in [0, 0.1) is 0 Å². The van der Waals surface area contributed by atoms with Crippen LogP contribution in [-0.4, -0.2) is 0 Å². The summed E-state index contributed by atoms with van der Waals surface area (Å²) in [7, 11) is 0. The second kappa shape index (κ2) is 8.99. The number of hydrogen-bond acceptors (Lipinski definition) is 6. The molecule has 6 heteroatoms. The summed E-state index contributed by atoms with van der Waals surface area (Å²) in [5.74, 6) is 2.64. The van der Waals surface area contributed by atoms with E-state index >= 15 is 0 Å². The van der Waals surface area contributed by atoms with Gasteiger partial charge in [0, 0.05) is 16.7 Å². The minimum absolute atomic E-state index is 0.880. The molecule has 0 fully saturated rings. The molecule has 0 N–H and O–H groups in total. The first-order valence-electron chi connectivity index (χ1n) is 11.4. The topological polar surface area (TPSA) is 39.4 Å². The third-order valence-corrected chi connectivity index (χ3v) is 8.88. The Hall–Kier alpha value is -3.84. The molecule has 3 nitrogen and oxygen atoms in total. The van der Waals surface area contributed by atoms with Crippen LogP contribution in [0.15, 0.2) is 121 Å². The van der Waals surface area contributed by atoms with Crippen LogP contribution in [0.4, 0.5) is 0 Å². The van der Waals surface area contributed by atoms with Gasteiger partial charge in [-0.2, -0.15) is 0 Å². The lowest BCUT2D eigenvalue weighted by Gasteiger charge is -2.12. The average molecular weight is 523 g/mol. The van der Waals surface area contributed by atoms with Crippen molar-refractivity contribution < 1.29 is 13.3 Å². The normalized spacial score (nSPS) is 11.3. The smallest absolute Gasteiger partial charge is 0.144 e. The maximum absolute atomic E-state index is 5.77. The predicted octanol–water partition coefficient (Wildman–Crippen LogP) is 10.7. The second-order valence-corrected chi connectivity index (χ2v) is 11.0. The number of hydrogen-bond donors (Lipinski definition) is 0. The molecule has 0 aliphatic carbocycles. The lowest BCUT2D eigenvalue weighted by Crippen LogP contribution is -1.87. The monoisotopic (exact) mass is 522 g/mol. The molecule has 0 spiro atoms. The molecule has 1 aromatic carbocycles. The minimum atomic E-state index is 0.880. The van der Waals surface area contributed by atoms with E-state index in [1.807, 2.05) is 36.4 Å². The van der Waals surface area contributed by atoms with Crippen molar-refractivity contribution in [2.24, 2.45) is 0 Å². The lowest BCUT2D eigenvalue weighted by atomic mass is 9.93. The maximum atomic E-state index is 5.77. The molecule has 6 heterocycles. The van der Waals surface area contributed by atoms with Gasteiger partial charge < -0.3 is 13.3 Å². The molecule has 174 valence electrons. The summed E-state index contributed by atoms with van der Waals surface area (Å²) in [6, 6.07) is 25.2. The van der Waals surface area contributed by atoms with Crippen molar-refractivity contribution in [2.45, 2.75) is 0 Å². The molecular formula is C30H18O3S3. The van der Waals surface area contributed by atoms with E-state index in [1.165, 1.54) is 0 Å². The zero-order valence-electron chi connectivity index (χ0n) is 18.8. The Balaban J connectivity index is 1.45. The van der Waals surface area contributed by atoms with Crippen LogP contribution in [-0.2, 0) is 0 Å². The van der Waals surface area contributed by atoms with Gasteiger partial charge >= 0.3 is 0 Å². The number of rotatable bonds is 6. The SMILES string of the molecule is c1coc(-c2sccc2-c2cc(-c3ccsc3-c3ccco3)cc(-c3ccsc3-c3ccco3)c2)c1. The molecule has 6 aromatic heterocycles. The second-order valence-electron chi connectivity index (χ2n) is 8.22. The van der Waals surface area contributed by atoms with E-state index in [-0.39, 0.29) is 0 Å². The van der Waals surface area contributed by atoms with E-state index in [0.29, 0.717) is 0 Å². The molecule has 0 amide bonds. The summed E-state index contributed by atoms with van der Waals surface area (Å²) < 4.78 is 17.3. The van der Waals surface area contributed by atoms with Gasteiger partial charge in [0.2, 0.25) is 0 Å². The zero-order chi connectivity index (χ0) is 23.9. The Morgan fingerprint density at radius 2 is 0.750 bits per heavy atom. The van der Waals surface area contributed by atoms with Gasteiger partial charge in [0.25, 0.3) is 0 Å². The number of thiophene rings is 3. The Bertz CT molecular complexity index is 1510. The van der Waals surface area contributed by atoms with Gasteiger partial charge in [-0.05, 0) is 106 Å². The summed E-state index contributed by atoms with van der Waals surface area (Å²) in [5, 5.41) is 6.37. The molecule has 0 bridgehead atoms. The maximum Gasteiger partial charge on any atom is 0.144 e. The Morgan fingerprint density at radius 1 is 0.417 bits per heavy atom. The molecule has 0 aliphatic heterocycles. The van der Waals surface area contributed by atoms with Crippen LogP contribution in [0.2, 0.25) is 0 Å². The predicted molar refractivity (Wildman–Crippen MR) is 149 cm³/mol. The fourth-order valence-corrected chi connectivity index (χ4v) is 7.16. The van der Waals surface area contributed by atoms with Crippen LogP contribution in [0.1, 0.15) is 0 Å². The highest BCUT2D eigenvalue weighted by molar-refractivity contribution is 7.14. The van der Waals surface area contributed by atoms with Gasteiger partial charge in [0.15, 0.2) is 0 Å². The van der Waals surface area contributed by atoms with Gasteiger partial charge in [-0.25, -0.2) is 0 Å². The average Bonchev–Trinajstić information content (AvgIpc) is 3.76. The van der Waals surface area contributed by atoms with Crippen molar-refractivity contribution in [3.05, 3.63) is 108 Å². The van der Waals surface area contributed by atoms with Crippen molar-refractivity contribution in [2.75, 3.05) is 0 Å². The summed E-state index contributed by atoms with van der Waals surface area (Å²) in [6.45, 7) is 0. The third-order valence-electron chi connectivity index (χ3n) is 6.10. The van der Waals surface area contributed by atoms with Crippen molar-refractivity contribution in [3.63, 3.8) is 0 Å². The van der Waals surface area contributed by atoms with Crippen molar-refractivity contribution >= 4 is 34.0 Å². The highest BCUT2D eigenvalue weighted by Crippen LogP contribution is 2.45. The molecule has 0 aliphatic rings. The van der Waals surface area contributed by atoms with E-state index < -0.39 is 0 Å². The fraction of sp³-hybridized carbons (Fsp3) is 0. The fourth-order valence-electron chi connectivity index (χ4n) is 4.50. The first-order chi connectivity index (χ1) is 17.8. The van der Waals surface area contributed by atoms with Gasteiger partial charge in [-0.3, -0.25) is 0 Å². The molecular weight excluding hydrogens is 505 g/mol. The van der Waals surface area contributed by atoms with E-state index in [9.17, 15) is 0 Å². The molecule has 0 saturated carbocycles. The number of benzene rings is 1. The molecule has 0 unspecified atom stereocenters. The highest BCUT2D eigenvalue weighted by atomic mass is 32.1. The Kier molecular flexibility index (Phi) is 5.35. The molecule has 0 atom stereocenters. The Morgan fingerprint density at radius 3 is 1.03 bits per heavy atom. The summed E-state index contributed by atoms with van der Waals surface area (Å²) in [6.07, 6.45) is 5.17. The van der Waals surface area contributed by atoms with Crippen LogP contribution < -0.4 is 0 Å². The highest BCUT2D eigenvalue weighted by Gasteiger charge is 2.19. The van der Waals surface area contributed by atoms with E-state index in [1.54, 1.807) is 52.8 Å². The van der Waals surface area contributed by atoms with Crippen LogP contribution in [0.25, 0.3) is 65.3 Å². The first kappa shape index (κ1) is 21.4. The summed E-state index contributed by atoms with van der Waals surface area (Å²) in [4.78, 5) is 3.36. The molecule has 0 saturated heterocycles. The van der Waals surface area contributed by atoms with Gasteiger partial charge in [0.1, 0.15) is 17.3 Å². The molecule has 7 rings (SSSR count). The van der Waals surface area contributed by atoms with Crippen molar-refractivity contribution in [3.8, 4) is 65.3 Å². The quantitative estimate of drug-likeness (QED) is 0.218. The van der Waals surface area contributed by atoms with Crippen LogP contribution in [0.5, 0.6) is 0 Å². The van der Waals surface area contributed by atoms with E-state index in [2.05, 4.69) is 52.5 Å². The van der Waals surface area contributed by atoms with Crippen LogP contribution in [0.3, 0.4) is 0 Å². The van der Waals surface area contributed by atoms with E-state index in [0.717, 1.165) is 65.3 Å². The van der Waals surface area contributed by atoms with Crippen molar-refractivity contribution in [1.29, 1.82) is 0 Å². The molecule has 36 heavy (non-hydrogen) atoms. The van der Waals surface area contributed by atoms with E-state index in [4.69, 9.17) is 13.3 Å². The summed E-state index contributed by atoms with van der Waals surface area (Å²) in [5.41, 5.74) is 6.89. The molecule has 0 radical (unpaired) electrons. The minimum Gasteiger partial charge on any atom is -0.463 e. The van der Waals surface area contributed by atoms with Gasteiger partial charge in [-0.15, -0.1) is 34.0 Å². The van der Waals surface area contributed by atoms with Gasteiger partial charge in [-0.1, -0.05) is 0 Å². The standard InChI is InChI=1S/C30H18O3S3/c1-4-25(31-10-1)28-22(7-13-34-28)19-16-20(23-8-14-35-29(23)26-5-2-11-32-26)18-21(17-19)24-9-15-36-30(24)27-6-3-12-33-27/h1-18H. The van der Waals surface area contributed by atoms with Crippen LogP contribution >= 0.6 is 34.0 Å². The summed E-state index contributed by atoms with van der Waals surface area (Å²) >= 11 is 5.07.